The van der Waals surface area contributed by atoms with Gasteiger partial charge in [0.15, 0.2) is 0 Å². The van der Waals surface area contributed by atoms with Crippen molar-refractivity contribution in [2.45, 2.75) is 88.4 Å². The fraction of sp³-hybridized carbons (Fsp3) is 0.800. The number of fused-ring (bicyclic) bond motifs is 2. The van der Waals surface area contributed by atoms with Crippen LogP contribution in [0.25, 0.3) is 0 Å². The summed E-state index contributed by atoms with van der Waals surface area (Å²) in [5.74, 6) is 0.312. The number of hydrogen-bond donors (Lipinski definition) is 2. The number of aliphatic hydroxyl groups excluding tert-OH is 1. The van der Waals surface area contributed by atoms with Gasteiger partial charge in [0.05, 0.1) is 28.8 Å². The first-order valence-corrected chi connectivity index (χ1v) is 9.62. The summed E-state index contributed by atoms with van der Waals surface area (Å²) in [4.78, 5) is 0. The van der Waals surface area contributed by atoms with Crippen LogP contribution in [0.5, 0.6) is 0 Å². The van der Waals surface area contributed by atoms with Crippen molar-refractivity contribution in [1.29, 1.82) is 0 Å². The first-order valence-electron chi connectivity index (χ1n) is 9.18. The van der Waals surface area contributed by atoms with Crippen LogP contribution in [0.4, 0.5) is 0 Å². The molecule has 2 aliphatic heterocycles. The van der Waals surface area contributed by atoms with Crippen LogP contribution in [-0.2, 0) is 4.74 Å². The highest BCUT2D eigenvalue weighted by Gasteiger charge is 2.50. The Balaban J connectivity index is 2.34. The first-order chi connectivity index (χ1) is 11.1. The van der Waals surface area contributed by atoms with Crippen LogP contribution in [0.15, 0.2) is 23.8 Å². The molecular weight excluding hydrogens is 324 g/mol. The SMILES string of the molecule is CC(C)[C@]12/C=C\[C@](C)(O)CCC=C(CO)CC[C@H](Cl)[C@](C)(CC1)O2. The van der Waals surface area contributed by atoms with Crippen molar-refractivity contribution in [3.05, 3.63) is 23.8 Å². The van der Waals surface area contributed by atoms with Crippen molar-refractivity contribution >= 4 is 11.6 Å². The normalized spacial score (nSPS) is 42.8. The van der Waals surface area contributed by atoms with E-state index < -0.39 is 5.60 Å². The third-order valence-electron chi connectivity index (χ3n) is 5.81. The number of alkyl halides is 1. The Bertz CT molecular complexity index is 497. The molecule has 0 aromatic carbocycles. The maximum Gasteiger partial charge on any atom is 0.0895 e. The zero-order valence-corrected chi connectivity index (χ0v) is 16.3. The van der Waals surface area contributed by atoms with Gasteiger partial charge in [0, 0.05) is 0 Å². The molecule has 2 aliphatic rings. The highest BCUT2D eigenvalue weighted by atomic mass is 35.5. The molecule has 0 spiro atoms. The van der Waals surface area contributed by atoms with Gasteiger partial charge in [0.25, 0.3) is 0 Å². The van der Waals surface area contributed by atoms with Gasteiger partial charge in [-0.2, -0.15) is 0 Å². The van der Waals surface area contributed by atoms with Gasteiger partial charge in [-0.25, -0.2) is 0 Å². The molecule has 138 valence electrons. The minimum absolute atomic E-state index is 0.0507. The Morgan fingerprint density at radius 2 is 1.96 bits per heavy atom. The monoisotopic (exact) mass is 356 g/mol. The molecule has 4 heteroatoms. The van der Waals surface area contributed by atoms with E-state index in [0.29, 0.717) is 12.3 Å². The zero-order valence-electron chi connectivity index (χ0n) is 15.5. The van der Waals surface area contributed by atoms with Crippen LogP contribution in [0, 0.1) is 5.92 Å². The molecule has 0 amide bonds. The van der Waals surface area contributed by atoms with Gasteiger partial charge >= 0.3 is 0 Å². The summed E-state index contributed by atoms with van der Waals surface area (Å²) in [5.41, 5.74) is -0.629. The lowest BCUT2D eigenvalue weighted by Crippen LogP contribution is -2.42. The minimum atomic E-state index is -0.879. The van der Waals surface area contributed by atoms with E-state index in [1.807, 2.05) is 19.1 Å². The largest absolute Gasteiger partial charge is 0.392 e. The van der Waals surface area contributed by atoms with Crippen molar-refractivity contribution in [2.75, 3.05) is 6.61 Å². The van der Waals surface area contributed by atoms with Gasteiger partial charge in [0.1, 0.15) is 0 Å². The molecule has 0 aromatic heterocycles. The second kappa shape index (κ2) is 7.49. The Labute approximate surface area is 151 Å². The van der Waals surface area contributed by atoms with Crippen molar-refractivity contribution in [1.82, 2.24) is 0 Å². The lowest BCUT2D eigenvalue weighted by atomic mass is 9.84. The number of rotatable bonds is 2. The maximum atomic E-state index is 10.7. The molecule has 2 bridgehead atoms. The molecule has 3 nitrogen and oxygen atoms in total. The second-order valence-electron chi connectivity index (χ2n) is 8.28. The predicted octanol–water partition coefficient (Wildman–Crippen LogP) is 4.36. The van der Waals surface area contributed by atoms with E-state index in [-0.39, 0.29) is 23.2 Å². The van der Waals surface area contributed by atoms with Gasteiger partial charge in [-0.05, 0) is 63.9 Å². The number of halogens is 1. The van der Waals surface area contributed by atoms with E-state index in [1.54, 1.807) is 0 Å². The Hall–Kier alpha value is -0.350. The molecule has 0 radical (unpaired) electrons. The average molecular weight is 357 g/mol. The summed E-state index contributed by atoms with van der Waals surface area (Å²) in [6.45, 7) is 8.31. The summed E-state index contributed by atoms with van der Waals surface area (Å²) in [5, 5.41) is 20.1. The first kappa shape index (κ1) is 20.0. The van der Waals surface area contributed by atoms with E-state index in [0.717, 1.165) is 37.7 Å². The number of hydrogen-bond acceptors (Lipinski definition) is 3. The third kappa shape index (κ3) is 4.43. The van der Waals surface area contributed by atoms with E-state index in [2.05, 4.69) is 26.8 Å². The number of allylic oxidation sites excluding steroid dienone is 1. The van der Waals surface area contributed by atoms with Gasteiger partial charge < -0.3 is 14.9 Å². The lowest BCUT2D eigenvalue weighted by Gasteiger charge is -2.37. The van der Waals surface area contributed by atoms with Crippen molar-refractivity contribution in [2.24, 2.45) is 5.92 Å². The summed E-state index contributed by atoms with van der Waals surface area (Å²) in [6.07, 6.45) is 10.8. The van der Waals surface area contributed by atoms with Gasteiger partial charge in [-0.15, -0.1) is 11.6 Å². The fourth-order valence-electron chi connectivity index (χ4n) is 3.75. The number of aliphatic hydroxyl groups is 2. The molecule has 4 atom stereocenters. The van der Waals surface area contributed by atoms with E-state index in [9.17, 15) is 10.2 Å². The molecule has 24 heavy (non-hydrogen) atoms. The van der Waals surface area contributed by atoms with Gasteiger partial charge in [-0.1, -0.05) is 32.1 Å². The maximum absolute atomic E-state index is 10.7. The molecule has 2 heterocycles. The standard InChI is InChI=1S/C20H33ClO3/c1-15(2)20-12-10-18(3,23)9-5-6-16(14-22)7-8-17(21)19(4,24-20)11-13-20/h6,10,12,15,17,22-23H,5,7-9,11,13-14H2,1-4H3/b12-10-,16-6?/t17-,18+,19-,20-/m0/s1. The molecule has 1 fully saturated rings. The van der Waals surface area contributed by atoms with Crippen LogP contribution >= 0.6 is 11.6 Å². The molecular formula is C20H33ClO3. The summed E-state index contributed by atoms with van der Waals surface area (Å²) < 4.78 is 6.57. The highest BCUT2D eigenvalue weighted by Crippen LogP contribution is 2.47. The Morgan fingerprint density at radius 1 is 1.25 bits per heavy atom. The number of ether oxygens (including phenoxy) is 1. The zero-order chi connectivity index (χ0) is 18.0. The summed E-state index contributed by atoms with van der Waals surface area (Å²) >= 11 is 6.73. The minimum Gasteiger partial charge on any atom is -0.392 e. The molecule has 0 aromatic rings. The summed E-state index contributed by atoms with van der Waals surface area (Å²) in [7, 11) is 0. The van der Waals surface area contributed by atoms with Crippen LogP contribution in [0.2, 0.25) is 0 Å². The molecule has 2 N–H and O–H groups in total. The Morgan fingerprint density at radius 3 is 2.58 bits per heavy atom. The molecule has 0 unspecified atom stereocenters. The van der Waals surface area contributed by atoms with Gasteiger partial charge in [0.2, 0.25) is 0 Å². The average Bonchev–Trinajstić information content (AvgIpc) is 2.88. The molecule has 0 saturated carbocycles. The molecule has 1 saturated heterocycles. The summed E-state index contributed by atoms with van der Waals surface area (Å²) in [6, 6.07) is 0. The third-order valence-corrected chi connectivity index (χ3v) is 6.49. The van der Waals surface area contributed by atoms with Crippen LogP contribution in [0.3, 0.4) is 0 Å². The predicted molar refractivity (Wildman–Crippen MR) is 99.3 cm³/mol. The van der Waals surface area contributed by atoms with Crippen molar-refractivity contribution in [3.63, 3.8) is 0 Å². The molecule has 0 aliphatic carbocycles. The van der Waals surface area contributed by atoms with Crippen LogP contribution < -0.4 is 0 Å². The Kier molecular flexibility index (Phi) is 6.23. The van der Waals surface area contributed by atoms with E-state index in [4.69, 9.17) is 16.3 Å². The van der Waals surface area contributed by atoms with Crippen LogP contribution in [-0.4, -0.2) is 39.0 Å². The fourth-order valence-corrected chi connectivity index (χ4v) is 4.01. The quantitative estimate of drug-likeness (QED) is 0.571. The van der Waals surface area contributed by atoms with Crippen molar-refractivity contribution in [3.8, 4) is 0 Å². The smallest absolute Gasteiger partial charge is 0.0895 e. The van der Waals surface area contributed by atoms with Crippen molar-refractivity contribution < 1.29 is 14.9 Å². The van der Waals surface area contributed by atoms with Crippen LogP contribution in [0.1, 0.15) is 66.2 Å². The van der Waals surface area contributed by atoms with E-state index >= 15 is 0 Å². The lowest BCUT2D eigenvalue weighted by molar-refractivity contribution is -0.0932. The topological polar surface area (TPSA) is 49.7 Å². The highest BCUT2D eigenvalue weighted by molar-refractivity contribution is 6.21. The molecule has 2 rings (SSSR count). The van der Waals surface area contributed by atoms with E-state index in [1.165, 1.54) is 0 Å². The van der Waals surface area contributed by atoms with Gasteiger partial charge in [-0.3, -0.25) is 0 Å². The second-order valence-corrected chi connectivity index (χ2v) is 8.81.